The van der Waals surface area contributed by atoms with Gasteiger partial charge in [0.05, 0.1) is 39.6 Å². The lowest BCUT2D eigenvalue weighted by Gasteiger charge is -2.26. The van der Waals surface area contributed by atoms with Gasteiger partial charge in [0.1, 0.15) is 12.4 Å². The number of ether oxygens (including phenoxy) is 2. The second-order valence-corrected chi connectivity index (χ2v) is 9.66. The van der Waals surface area contributed by atoms with Gasteiger partial charge >= 0.3 is 5.97 Å². The number of carbonyl (C=O) groups excluding carboxylic acids is 1. The Morgan fingerprint density at radius 1 is 1.24 bits per heavy atom. The second-order valence-electron chi connectivity index (χ2n) is 7.72. The summed E-state index contributed by atoms with van der Waals surface area (Å²) in [7, 11) is -3.68. The minimum atomic E-state index is -3.68. The van der Waals surface area contributed by atoms with Gasteiger partial charge in [-0.05, 0) is 38.1 Å². The summed E-state index contributed by atoms with van der Waals surface area (Å²) in [6.45, 7) is 5.03. The Hall–Kier alpha value is -3.35. The van der Waals surface area contributed by atoms with Crippen LogP contribution in [-0.2, 0) is 32.6 Å². The Bertz CT molecular complexity index is 1360. The van der Waals surface area contributed by atoms with Crippen molar-refractivity contribution in [2.45, 2.75) is 31.9 Å². The average molecular weight is 489 g/mol. The van der Waals surface area contributed by atoms with E-state index in [0.29, 0.717) is 49.7 Å². The summed E-state index contributed by atoms with van der Waals surface area (Å²) in [4.78, 5) is 27.9. The van der Waals surface area contributed by atoms with Crippen LogP contribution in [0.4, 0.5) is 5.69 Å². The van der Waals surface area contributed by atoms with Gasteiger partial charge in [0, 0.05) is 31.3 Å². The fourth-order valence-corrected chi connectivity index (χ4v) is 5.40. The maximum absolute atomic E-state index is 13.0. The highest BCUT2D eigenvalue weighted by molar-refractivity contribution is 7.89. The van der Waals surface area contributed by atoms with E-state index in [-0.39, 0.29) is 28.3 Å². The van der Waals surface area contributed by atoms with Crippen molar-refractivity contribution in [3.8, 4) is 0 Å². The summed E-state index contributed by atoms with van der Waals surface area (Å²) in [6, 6.07) is 8.97. The number of aromatic nitrogens is 2. The largest absolute Gasteiger partial charge is 0.454 e. The molecule has 11 nitrogen and oxygen atoms in total. The van der Waals surface area contributed by atoms with Crippen LogP contribution in [0.2, 0.25) is 0 Å². The summed E-state index contributed by atoms with van der Waals surface area (Å²) < 4.78 is 39.8. The molecule has 180 valence electrons. The molecule has 3 aromatic rings. The molecule has 4 rings (SSSR count). The zero-order chi connectivity index (χ0) is 24.5. The molecule has 0 N–H and O–H groups in total. The fraction of sp³-hybridized carbons (Fsp3) is 0.364. The number of nitro groups is 1. The summed E-state index contributed by atoms with van der Waals surface area (Å²) in [6.07, 6.45) is 0. The smallest absolute Gasteiger partial charge is 0.339 e. The number of rotatable bonds is 7. The first kappa shape index (κ1) is 23.8. The lowest BCUT2D eigenvalue weighted by molar-refractivity contribution is -0.385. The van der Waals surface area contributed by atoms with Crippen LogP contribution in [-0.4, -0.2) is 59.5 Å². The van der Waals surface area contributed by atoms with Gasteiger partial charge in [0.25, 0.3) is 5.69 Å². The number of carbonyl (C=O) groups is 1. The molecule has 1 saturated heterocycles. The number of hydrogen-bond donors (Lipinski definition) is 0. The average Bonchev–Trinajstić information content (AvgIpc) is 3.19. The van der Waals surface area contributed by atoms with Crippen molar-refractivity contribution in [1.82, 2.24) is 13.9 Å². The summed E-state index contributed by atoms with van der Waals surface area (Å²) in [5, 5.41) is 11.1. The highest BCUT2D eigenvalue weighted by Gasteiger charge is 2.27. The molecule has 2 heterocycles. The molecule has 0 saturated carbocycles. The van der Waals surface area contributed by atoms with E-state index < -0.39 is 20.9 Å². The molecule has 0 unspecified atom stereocenters. The van der Waals surface area contributed by atoms with E-state index in [1.807, 2.05) is 11.5 Å². The van der Waals surface area contributed by atoms with Gasteiger partial charge in [-0.25, -0.2) is 18.2 Å². The standard InChI is InChI=1S/C22H24N4O7S/c1-3-25-20-8-7-16(34(30,31)24-9-11-32-12-10-24)13-18(20)23-21(25)14-33-22(27)17-5-4-6-19(15(17)2)26(28)29/h4-8,13H,3,9-12,14H2,1-2H3. The molecule has 0 atom stereocenters. The predicted octanol–water partition coefficient (Wildman–Crippen LogP) is 2.65. The van der Waals surface area contributed by atoms with Gasteiger partial charge in [-0.3, -0.25) is 10.1 Å². The van der Waals surface area contributed by atoms with Crippen molar-refractivity contribution in [3.63, 3.8) is 0 Å². The first-order valence-corrected chi connectivity index (χ1v) is 12.2. The molecule has 12 heteroatoms. The van der Waals surface area contributed by atoms with Crippen LogP contribution in [0, 0.1) is 17.0 Å². The van der Waals surface area contributed by atoms with Gasteiger partial charge in [-0.2, -0.15) is 4.31 Å². The number of benzene rings is 2. The number of nitrogens with zero attached hydrogens (tertiary/aromatic N) is 4. The summed E-state index contributed by atoms with van der Waals surface area (Å²) >= 11 is 0. The normalized spacial score (nSPS) is 14.9. The van der Waals surface area contributed by atoms with E-state index in [1.165, 1.54) is 35.5 Å². The van der Waals surface area contributed by atoms with Crippen LogP contribution in [0.3, 0.4) is 0 Å². The Balaban J connectivity index is 1.59. The molecular weight excluding hydrogens is 464 g/mol. The van der Waals surface area contributed by atoms with E-state index in [9.17, 15) is 23.3 Å². The molecular formula is C22H24N4O7S. The lowest BCUT2D eigenvalue weighted by atomic mass is 10.1. The van der Waals surface area contributed by atoms with Crippen molar-refractivity contribution in [3.05, 3.63) is 63.5 Å². The topological polar surface area (TPSA) is 134 Å². The maximum atomic E-state index is 13.0. The molecule has 0 aliphatic carbocycles. The third-order valence-electron chi connectivity index (χ3n) is 5.78. The third-order valence-corrected chi connectivity index (χ3v) is 7.67. The number of imidazole rings is 1. The zero-order valence-corrected chi connectivity index (χ0v) is 19.6. The van der Waals surface area contributed by atoms with Crippen molar-refractivity contribution < 1.29 is 27.6 Å². The number of esters is 1. The monoisotopic (exact) mass is 488 g/mol. The lowest BCUT2D eigenvalue weighted by Crippen LogP contribution is -2.40. The van der Waals surface area contributed by atoms with Gasteiger partial charge in [-0.15, -0.1) is 0 Å². The van der Waals surface area contributed by atoms with Crippen LogP contribution in [0.5, 0.6) is 0 Å². The minimum Gasteiger partial charge on any atom is -0.454 e. The molecule has 2 aromatic carbocycles. The quantitative estimate of drug-likeness (QED) is 0.281. The molecule has 1 aliphatic heterocycles. The minimum absolute atomic E-state index is 0.104. The van der Waals surface area contributed by atoms with Gasteiger partial charge < -0.3 is 14.0 Å². The van der Waals surface area contributed by atoms with E-state index >= 15 is 0 Å². The number of aryl methyl sites for hydroxylation is 1. The molecule has 1 aliphatic rings. The summed E-state index contributed by atoms with van der Waals surface area (Å²) in [5.74, 6) is -0.263. The highest BCUT2D eigenvalue weighted by atomic mass is 32.2. The predicted molar refractivity (Wildman–Crippen MR) is 122 cm³/mol. The van der Waals surface area contributed by atoms with E-state index in [1.54, 1.807) is 12.1 Å². The van der Waals surface area contributed by atoms with Crippen molar-refractivity contribution in [2.24, 2.45) is 0 Å². The Morgan fingerprint density at radius 3 is 2.65 bits per heavy atom. The number of fused-ring (bicyclic) bond motifs is 1. The van der Waals surface area contributed by atoms with Crippen molar-refractivity contribution in [2.75, 3.05) is 26.3 Å². The molecule has 0 bridgehead atoms. The van der Waals surface area contributed by atoms with Crippen LogP contribution >= 0.6 is 0 Å². The molecule has 0 radical (unpaired) electrons. The number of sulfonamides is 1. The molecule has 1 aromatic heterocycles. The maximum Gasteiger partial charge on any atom is 0.339 e. The van der Waals surface area contributed by atoms with Crippen molar-refractivity contribution in [1.29, 1.82) is 0 Å². The second kappa shape index (κ2) is 9.49. The Morgan fingerprint density at radius 2 is 1.97 bits per heavy atom. The van der Waals surface area contributed by atoms with Crippen molar-refractivity contribution >= 4 is 32.7 Å². The van der Waals surface area contributed by atoms with Crippen LogP contribution in [0.1, 0.15) is 28.7 Å². The summed E-state index contributed by atoms with van der Waals surface area (Å²) in [5.41, 5.74) is 1.34. The van der Waals surface area contributed by atoms with E-state index in [2.05, 4.69) is 4.98 Å². The number of nitro benzene ring substituents is 1. The highest BCUT2D eigenvalue weighted by Crippen LogP contribution is 2.25. The molecule has 0 spiro atoms. The molecule has 34 heavy (non-hydrogen) atoms. The number of hydrogen-bond acceptors (Lipinski definition) is 8. The third kappa shape index (κ3) is 4.39. The van der Waals surface area contributed by atoms with E-state index in [4.69, 9.17) is 9.47 Å². The van der Waals surface area contributed by atoms with Gasteiger partial charge in [0.15, 0.2) is 0 Å². The Labute approximate surface area is 196 Å². The first-order valence-electron chi connectivity index (χ1n) is 10.7. The van der Waals surface area contributed by atoms with Crippen LogP contribution < -0.4 is 0 Å². The Kier molecular flexibility index (Phi) is 6.64. The van der Waals surface area contributed by atoms with Crippen LogP contribution in [0.15, 0.2) is 41.3 Å². The molecule has 1 fully saturated rings. The van der Waals surface area contributed by atoms with E-state index in [0.717, 1.165) is 0 Å². The first-order chi connectivity index (χ1) is 16.2. The number of morpholine rings is 1. The van der Waals surface area contributed by atoms with Gasteiger partial charge in [0.2, 0.25) is 10.0 Å². The SMILES string of the molecule is CCn1c(COC(=O)c2cccc([N+](=O)[O-])c2C)nc2cc(S(=O)(=O)N3CCOCC3)ccc21. The van der Waals surface area contributed by atoms with Gasteiger partial charge in [-0.1, -0.05) is 6.07 Å². The molecule has 0 amide bonds. The fourth-order valence-electron chi connectivity index (χ4n) is 3.97. The van der Waals surface area contributed by atoms with Crippen LogP contribution in [0.25, 0.3) is 11.0 Å². The zero-order valence-electron chi connectivity index (χ0n) is 18.8.